The number of ether oxygens (including phenoxy) is 1. The number of carboxylic acids is 2. The van der Waals surface area contributed by atoms with Crippen LogP contribution in [0.4, 0.5) is 0 Å². The Morgan fingerprint density at radius 2 is 1.79 bits per heavy atom. The van der Waals surface area contributed by atoms with E-state index in [0.717, 1.165) is 0 Å². The summed E-state index contributed by atoms with van der Waals surface area (Å²) in [5.41, 5.74) is -0.194. The Kier molecular flexibility index (Phi) is 3.47. The fourth-order valence-electron chi connectivity index (χ4n) is 1.21. The van der Waals surface area contributed by atoms with Gasteiger partial charge in [0.25, 0.3) is 0 Å². The molecule has 0 bridgehead atoms. The van der Waals surface area contributed by atoms with Gasteiger partial charge >= 0.3 is 11.9 Å². The second-order valence-corrected chi connectivity index (χ2v) is 2.77. The highest BCUT2D eigenvalue weighted by molar-refractivity contribution is 5.94. The van der Waals surface area contributed by atoms with Crippen molar-refractivity contribution >= 4 is 11.9 Å². The van der Waals surface area contributed by atoms with Crippen LogP contribution in [-0.4, -0.2) is 53.4 Å². The van der Waals surface area contributed by atoms with Crippen LogP contribution in [0.15, 0.2) is 11.8 Å². The van der Waals surface area contributed by atoms with Crippen molar-refractivity contribution in [2.45, 2.75) is 0 Å². The maximum absolute atomic E-state index is 10.7. The second-order valence-electron chi connectivity index (χ2n) is 2.77. The molecular formula is C8H11NO5. The van der Waals surface area contributed by atoms with Gasteiger partial charge in [-0.15, -0.1) is 0 Å². The summed E-state index contributed by atoms with van der Waals surface area (Å²) in [7, 11) is 0. The minimum atomic E-state index is -1.26. The number of morpholine rings is 1. The molecule has 0 aromatic carbocycles. The van der Waals surface area contributed by atoms with Gasteiger partial charge in [0.15, 0.2) is 0 Å². The molecule has 2 N–H and O–H groups in total. The van der Waals surface area contributed by atoms with Crippen molar-refractivity contribution in [3.63, 3.8) is 0 Å². The van der Waals surface area contributed by atoms with Crippen LogP contribution >= 0.6 is 0 Å². The van der Waals surface area contributed by atoms with E-state index in [0.29, 0.717) is 32.4 Å². The number of aliphatic carboxylic acids is 2. The Labute approximate surface area is 80.4 Å². The van der Waals surface area contributed by atoms with Gasteiger partial charge in [-0.05, 0) is 0 Å². The standard InChI is InChI=1S/C8H11NO5/c10-7(11)5-6(8(12)13)9-1-3-14-4-2-9/h5H,1-4H2,(H,10,11)(H,12,13)/b6-5+. The summed E-state index contributed by atoms with van der Waals surface area (Å²) in [4.78, 5) is 22.6. The molecule has 1 aliphatic heterocycles. The molecule has 0 atom stereocenters. The average molecular weight is 201 g/mol. The molecule has 0 saturated carbocycles. The molecule has 14 heavy (non-hydrogen) atoms. The van der Waals surface area contributed by atoms with E-state index < -0.39 is 11.9 Å². The molecule has 1 saturated heterocycles. The first-order valence-corrected chi connectivity index (χ1v) is 4.12. The summed E-state index contributed by atoms with van der Waals surface area (Å²) in [6.07, 6.45) is 0.702. The number of carboxylic acid groups (broad SMARTS) is 2. The van der Waals surface area contributed by atoms with Crippen molar-refractivity contribution in [3.05, 3.63) is 11.8 Å². The van der Waals surface area contributed by atoms with Gasteiger partial charge in [-0.3, -0.25) is 0 Å². The lowest BCUT2D eigenvalue weighted by atomic mass is 10.3. The maximum Gasteiger partial charge on any atom is 0.352 e. The zero-order valence-corrected chi connectivity index (χ0v) is 7.47. The van der Waals surface area contributed by atoms with Crippen molar-refractivity contribution in [3.8, 4) is 0 Å². The van der Waals surface area contributed by atoms with Gasteiger partial charge in [0.1, 0.15) is 5.70 Å². The summed E-state index contributed by atoms with van der Waals surface area (Å²) >= 11 is 0. The number of rotatable bonds is 3. The fourth-order valence-corrected chi connectivity index (χ4v) is 1.21. The first kappa shape index (κ1) is 10.5. The van der Waals surface area contributed by atoms with E-state index in [1.807, 2.05) is 0 Å². The lowest BCUT2D eigenvalue weighted by molar-refractivity contribution is -0.137. The van der Waals surface area contributed by atoms with E-state index in [1.54, 1.807) is 0 Å². The van der Waals surface area contributed by atoms with Crippen LogP contribution in [0.2, 0.25) is 0 Å². The molecule has 1 rings (SSSR count). The zero-order chi connectivity index (χ0) is 10.6. The predicted octanol–water partition coefficient (Wildman–Crippen LogP) is -0.628. The van der Waals surface area contributed by atoms with Crippen molar-refractivity contribution < 1.29 is 24.5 Å². The van der Waals surface area contributed by atoms with E-state index in [9.17, 15) is 9.59 Å². The number of hydrogen-bond acceptors (Lipinski definition) is 4. The molecule has 1 heterocycles. The van der Waals surface area contributed by atoms with E-state index in [-0.39, 0.29) is 5.70 Å². The summed E-state index contributed by atoms with van der Waals surface area (Å²) in [5, 5.41) is 17.2. The van der Waals surface area contributed by atoms with E-state index in [2.05, 4.69) is 0 Å². The van der Waals surface area contributed by atoms with Crippen LogP contribution in [0.1, 0.15) is 0 Å². The highest BCUT2D eigenvalue weighted by Crippen LogP contribution is 2.07. The monoisotopic (exact) mass is 201 g/mol. The van der Waals surface area contributed by atoms with Gasteiger partial charge in [0, 0.05) is 13.1 Å². The van der Waals surface area contributed by atoms with Crippen molar-refractivity contribution in [2.24, 2.45) is 0 Å². The van der Waals surface area contributed by atoms with Gasteiger partial charge in [-0.25, -0.2) is 9.59 Å². The Morgan fingerprint density at radius 3 is 2.21 bits per heavy atom. The van der Waals surface area contributed by atoms with Gasteiger partial charge in [0.2, 0.25) is 0 Å². The molecule has 78 valence electrons. The smallest absolute Gasteiger partial charge is 0.352 e. The normalized spacial score (nSPS) is 18.0. The molecule has 0 radical (unpaired) electrons. The SMILES string of the molecule is O=C(O)/C=C(\C(=O)O)N1CCOCC1. The fraction of sp³-hybridized carbons (Fsp3) is 0.500. The van der Waals surface area contributed by atoms with Crippen molar-refractivity contribution in [1.82, 2.24) is 4.90 Å². The highest BCUT2D eigenvalue weighted by Gasteiger charge is 2.20. The van der Waals surface area contributed by atoms with Crippen molar-refractivity contribution in [1.29, 1.82) is 0 Å². The third-order valence-electron chi connectivity index (χ3n) is 1.83. The number of nitrogens with zero attached hydrogens (tertiary/aromatic N) is 1. The summed E-state index contributed by atoms with van der Waals surface area (Å²) < 4.78 is 5.03. The highest BCUT2D eigenvalue weighted by atomic mass is 16.5. The van der Waals surface area contributed by atoms with Crippen molar-refractivity contribution in [2.75, 3.05) is 26.3 Å². The molecule has 0 aromatic heterocycles. The maximum atomic E-state index is 10.7. The second kappa shape index (κ2) is 4.61. The molecule has 6 nitrogen and oxygen atoms in total. The minimum Gasteiger partial charge on any atom is -0.478 e. The molecule has 0 amide bonds. The third kappa shape index (κ3) is 2.74. The van der Waals surface area contributed by atoms with Crippen LogP contribution in [0.3, 0.4) is 0 Å². The van der Waals surface area contributed by atoms with Gasteiger partial charge in [-0.2, -0.15) is 0 Å². The molecule has 1 aliphatic rings. The lowest BCUT2D eigenvalue weighted by Gasteiger charge is -2.28. The predicted molar refractivity (Wildman–Crippen MR) is 45.7 cm³/mol. The van der Waals surface area contributed by atoms with E-state index in [1.165, 1.54) is 4.90 Å². The zero-order valence-electron chi connectivity index (χ0n) is 7.47. The third-order valence-corrected chi connectivity index (χ3v) is 1.83. The summed E-state index contributed by atoms with van der Waals surface area (Å²) in [6.45, 7) is 1.66. The quantitative estimate of drug-likeness (QED) is 0.591. The molecule has 6 heteroatoms. The lowest BCUT2D eigenvalue weighted by Crippen LogP contribution is -2.38. The molecule has 1 fully saturated rings. The van der Waals surface area contributed by atoms with E-state index >= 15 is 0 Å². The molecular weight excluding hydrogens is 190 g/mol. The van der Waals surface area contributed by atoms with Crippen LogP contribution in [-0.2, 0) is 14.3 Å². The van der Waals surface area contributed by atoms with E-state index in [4.69, 9.17) is 14.9 Å². The molecule has 0 spiro atoms. The first-order valence-electron chi connectivity index (χ1n) is 4.12. The van der Waals surface area contributed by atoms with Gasteiger partial charge in [0.05, 0.1) is 19.3 Å². The van der Waals surface area contributed by atoms with Crippen LogP contribution < -0.4 is 0 Å². The van der Waals surface area contributed by atoms with Crippen LogP contribution in [0.5, 0.6) is 0 Å². The van der Waals surface area contributed by atoms with Crippen LogP contribution in [0.25, 0.3) is 0 Å². The Balaban J connectivity index is 2.76. The van der Waals surface area contributed by atoms with Crippen LogP contribution in [0, 0.1) is 0 Å². The summed E-state index contributed by atoms with van der Waals surface area (Å²) in [6, 6.07) is 0. The Bertz CT molecular complexity index is 267. The minimum absolute atomic E-state index is 0.194. The van der Waals surface area contributed by atoms with Gasteiger partial charge in [-0.1, -0.05) is 0 Å². The summed E-state index contributed by atoms with van der Waals surface area (Å²) in [5.74, 6) is -2.48. The molecule has 0 aromatic rings. The number of hydrogen-bond donors (Lipinski definition) is 2. The number of carbonyl (C=O) groups is 2. The first-order chi connectivity index (χ1) is 6.61. The Morgan fingerprint density at radius 1 is 1.21 bits per heavy atom. The largest absolute Gasteiger partial charge is 0.478 e. The average Bonchev–Trinajstić information content (AvgIpc) is 2.15. The molecule has 0 aliphatic carbocycles. The topological polar surface area (TPSA) is 87.1 Å². The van der Waals surface area contributed by atoms with Gasteiger partial charge < -0.3 is 19.8 Å². The Hall–Kier alpha value is -1.56. The molecule has 0 unspecified atom stereocenters.